The van der Waals surface area contributed by atoms with Crippen molar-refractivity contribution in [1.82, 2.24) is 15.6 Å². The Morgan fingerprint density at radius 3 is 2.71 bits per heavy atom. The zero-order chi connectivity index (χ0) is 19.1. The Hall–Kier alpha value is -1.30. The number of rotatable bonds is 6. The van der Waals surface area contributed by atoms with E-state index in [1.54, 1.807) is 6.26 Å². The zero-order valence-electron chi connectivity index (χ0n) is 15.3. The van der Waals surface area contributed by atoms with Crippen molar-refractivity contribution in [3.05, 3.63) is 40.2 Å². The number of aromatic nitrogens is 1. The number of hydrogen-bond acceptors (Lipinski definition) is 4. The van der Waals surface area contributed by atoms with Crippen LogP contribution < -0.4 is 10.6 Å². The van der Waals surface area contributed by atoms with Crippen molar-refractivity contribution in [2.75, 3.05) is 6.54 Å². The zero-order valence-corrected chi connectivity index (χ0v) is 18.4. The molecule has 0 radical (unpaired) electrons. The molecule has 0 bridgehead atoms. The van der Waals surface area contributed by atoms with Crippen LogP contribution in [0, 0.1) is 0 Å². The maximum atomic E-state index is 12.7. The van der Waals surface area contributed by atoms with Crippen LogP contribution in [0.4, 0.5) is 13.2 Å². The van der Waals surface area contributed by atoms with Gasteiger partial charge in [0, 0.05) is 24.4 Å². The average molecular weight is 528 g/mol. The number of nitrogens with zero attached hydrogens (tertiary/aromatic N) is 2. The molecule has 5 nitrogen and oxygen atoms in total. The maximum absolute atomic E-state index is 12.7. The molecule has 1 saturated carbocycles. The third kappa shape index (κ3) is 7.26. The number of alkyl halides is 3. The van der Waals surface area contributed by atoms with Crippen molar-refractivity contribution < 1.29 is 17.6 Å². The number of thiazole rings is 1. The van der Waals surface area contributed by atoms with Crippen LogP contribution in [0.25, 0.3) is 0 Å². The Morgan fingerprint density at radius 1 is 1.29 bits per heavy atom. The molecule has 2 heterocycles. The first kappa shape index (κ1) is 23.0. The van der Waals surface area contributed by atoms with Gasteiger partial charge in [-0.3, -0.25) is 0 Å². The smallest absolute Gasteiger partial charge is 0.434 e. The van der Waals surface area contributed by atoms with E-state index < -0.39 is 11.9 Å². The summed E-state index contributed by atoms with van der Waals surface area (Å²) in [6.07, 6.45) is 3.68. The van der Waals surface area contributed by atoms with E-state index in [2.05, 4.69) is 20.6 Å². The average Bonchev–Trinajstić information content (AvgIpc) is 3.32. The molecule has 28 heavy (non-hydrogen) atoms. The summed E-state index contributed by atoms with van der Waals surface area (Å²) in [7, 11) is 0. The third-order valence-electron chi connectivity index (χ3n) is 4.40. The lowest BCUT2D eigenvalue weighted by molar-refractivity contribution is -0.140. The second-order valence-corrected chi connectivity index (χ2v) is 7.47. The second-order valence-electron chi connectivity index (χ2n) is 6.52. The number of halogens is 4. The fourth-order valence-electron chi connectivity index (χ4n) is 3.01. The summed E-state index contributed by atoms with van der Waals surface area (Å²) < 4.78 is 43.4. The largest absolute Gasteiger partial charge is 0.469 e. The van der Waals surface area contributed by atoms with Gasteiger partial charge in [0.05, 0.1) is 12.8 Å². The Bertz CT molecular complexity index is 728. The third-order valence-corrected chi connectivity index (χ3v) is 5.24. The normalized spacial score (nSPS) is 15.9. The molecule has 2 N–H and O–H groups in total. The molecule has 156 valence electrons. The van der Waals surface area contributed by atoms with Gasteiger partial charge in [0.2, 0.25) is 0 Å². The van der Waals surface area contributed by atoms with Crippen molar-refractivity contribution in [2.45, 2.75) is 57.3 Å². The molecule has 0 aromatic carbocycles. The van der Waals surface area contributed by atoms with Gasteiger partial charge in [0.25, 0.3) is 0 Å². The highest BCUT2D eigenvalue weighted by Crippen LogP contribution is 2.30. The molecule has 2 aromatic heterocycles. The second kappa shape index (κ2) is 11.0. The monoisotopic (exact) mass is 528 g/mol. The standard InChI is InChI=1S/C18H23F3N4OS.HI/c19-18(20,21)15-12-27-16(25-15)11-23-17(24-13-5-2-1-3-6-13)22-9-8-14-7-4-10-26-14;/h4,7,10,12-13H,1-3,5-6,8-9,11H2,(H2,22,23,24);1H. The molecule has 1 aliphatic carbocycles. The lowest BCUT2D eigenvalue weighted by Crippen LogP contribution is -2.44. The number of furan rings is 1. The topological polar surface area (TPSA) is 62.5 Å². The van der Waals surface area contributed by atoms with Gasteiger partial charge >= 0.3 is 6.18 Å². The Labute approximate surface area is 183 Å². The van der Waals surface area contributed by atoms with Crippen molar-refractivity contribution in [3.63, 3.8) is 0 Å². The number of guanidine groups is 1. The minimum atomic E-state index is -4.41. The van der Waals surface area contributed by atoms with Crippen LogP contribution in [0.1, 0.15) is 48.6 Å². The van der Waals surface area contributed by atoms with E-state index in [4.69, 9.17) is 4.42 Å². The summed E-state index contributed by atoms with van der Waals surface area (Å²) in [6.45, 7) is 0.737. The fraction of sp³-hybridized carbons (Fsp3) is 0.556. The van der Waals surface area contributed by atoms with Crippen molar-refractivity contribution >= 4 is 41.3 Å². The minimum Gasteiger partial charge on any atom is -0.469 e. The van der Waals surface area contributed by atoms with Gasteiger partial charge in [-0.15, -0.1) is 35.3 Å². The van der Waals surface area contributed by atoms with Gasteiger partial charge in [-0.25, -0.2) is 9.98 Å². The quantitative estimate of drug-likeness (QED) is 0.316. The molecule has 10 heteroatoms. The van der Waals surface area contributed by atoms with E-state index in [0.29, 0.717) is 30.0 Å². The fourth-order valence-corrected chi connectivity index (χ4v) is 3.74. The molecule has 1 fully saturated rings. The highest BCUT2D eigenvalue weighted by atomic mass is 127. The van der Waals surface area contributed by atoms with Gasteiger partial charge in [0.1, 0.15) is 10.8 Å². The molecule has 0 aliphatic heterocycles. The minimum absolute atomic E-state index is 0. The number of nitrogens with one attached hydrogen (secondary N) is 2. The lowest BCUT2D eigenvalue weighted by atomic mass is 9.96. The van der Waals surface area contributed by atoms with Crippen LogP contribution in [0.3, 0.4) is 0 Å². The van der Waals surface area contributed by atoms with E-state index in [9.17, 15) is 13.2 Å². The first-order valence-corrected chi connectivity index (χ1v) is 9.97. The molecule has 1 aliphatic rings. The van der Waals surface area contributed by atoms with Crippen LogP contribution >= 0.6 is 35.3 Å². The summed E-state index contributed by atoms with van der Waals surface area (Å²) in [4.78, 5) is 8.08. The predicted octanol–water partition coefficient (Wildman–Crippen LogP) is 4.98. The Morgan fingerprint density at radius 2 is 2.07 bits per heavy atom. The SMILES string of the molecule is FC(F)(F)c1csc(CN=C(NCCc2ccco2)NC2CCCCC2)n1.I. The summed E-state index contributed by atoms with van der Waals surface area (Å²) >= 11 is 0.978. The summed E-state index contributed by atoms with van der Waals surface area (Å²) in [5, 5.41) is 8.03. The van der Waals surface area contributed by atoms with Gasteiger partial charge in [-0.1, -0.05) is 19.3 Å². The van der Waals surface area contributed by atoms with Crippen molar-refractivity contribution in [1.29, 1.82) is 0 Å². The number of hydrogen-bond donors (Lipinski definition) is 2. The van der Waals surface area contributed by atoms with Gasteiger partial charge in [0.15, 0.2) is 11.7 Å². The Kier molecular flexibility index (Phi) is 9.06. The van der Waals surface area contributed by atoms with E-state index in [1.807, 2.05) is 12.1 Å². The van der Waals surface area contributed by atoms with E-state index in [-0.39, 0.29) is 30.5 Å². The van der Waals surface area contributed by atoms with Crippen LogP contribution in [0.15, 0.2) is 33.2 Å². The number of aliphatic imine (C=N–C) groups is 1. The molecular weight excluding hydrogens is 504 g/mol. The summed E-state index contributed by atoms with van der Waals surface area (Å²) in [5.74, 6) is 1.48. The molecule has 3 rings (SSSR count). The first-order valence-electron chi connectivity index (χ1n) is 9.09. The van der Waals surface area contributed by atoms with Crippen molar-refractivity contribution in [3.8, 4) is 0 Å². The Balaban J connectivity index is 0.00000280. The highest BCUT2D eigenvalue weighted by molar-refractivity contribution is 14.0. The van der Waals surface area contributed by atoms with Gasteiger partial charge < -0.3 is 15.1 Å². The first-order chi connectivity index (χ1) is 13.0. The molecule has 0 saturated heterocycles. The van der Waals surface area contributed by atoms with Crippen LogP contribution in [0.2, 0.25) is 0 Å². The van der Waals surface area contributed by atoms with Crippen molar-refractivity contribution in [2.24, 2.45) is 4.99 Å². The van der Waals surface area contributed by atoms with Crippen LogP contribution in [-0.4, -0.2) is 23.5 Å². The molecule has 0 unspecified atom stereocenters. The van der Waals surface area contributed by atoms with E-state index in [1.165, 1.54) is 19.3 Å². The lowest BCUT2D eigenvalue weighted by Gasteiger charge is -2.25. The summed E-state index contributed by atoms with van der Waals surface area (Å²) in [5.41, 5.74) is -0.856. The van der Waals surface area contributed by atoms with E-state index >= 15 is 0 Å². The van der Waals surface area contributed by atoms with Crippen LogP contribution in [-0.2, 0) is 19.1 Å². The van der Waals surface area contributed by atoms with Gasteiger partial charge in [-0.05, 0) is 25.0 Å². The highest BCUT2D eigenvalue weighted by Gasteiger charge is 2.33. The molecule has 0 spiro atoms. The molecule has 0 atom stereocenters. The van der Waals surface area contributed by atoms with Gasteiger partial charge in [-0.2, -0.15) is 13.2 Å². The maximum Gasteiger partial charge on any atom is 0.434 e. The van der Waals surface area contributed by atoms with Crippen LogP contribution in [0.5, 0.6) is 0 Å². The van der Waals surface area contributed by atoms with E-state index in [0.717, 1.165) is 35.3 Å². The molecule has 0 amide bonds. The predicted molar refractivity (Wildman–Crippen MR) is 114 cm³/mol. The molecule has 2 aromatic rings. The summed E-state index contributed by atoms with van der Waals surface area (Å²) in [6, 6.07) is 4.09. The molecular formula is C18H24F3IN4OS.